The number of carboxylic acid groups (broad SMARTS) is 1. The molecule has 0 radical (unpaired) electrons. The van der Waals surface area contributed by atoms with Crippen molar-refractivity contribution in [3.05, 3.63) is 29.8 Å². The summed E-state index contributed by atoms with van der Waals surface area (Å²) in [6.07, 6.45) is 0.112. The first kappa shape index (κ1) is 19.4. The SMILES string of the molecule is COc1ccc(CNC(=O)[C@@H](N)CCC(=O)N[C@H](C)C(=O)O)cc1. The molecule has 0 heterocycles. The average Bonchev–Trinajstić information content (AvgIpc) is 2.57. The zero-order chi connectivity index (χ0) is 18.1. The summed E-state index contributed by atoms with van der Waals surface area (Å²) in [6, 6.07) is 5.41. The number of amides is 2. The monoisotopic (exact) mass is 337 g/mol. The first-order valence-electron chi connectivity index (χ1n) is 7.52. The van der Waals surface area contributed by atoms with E-state index < -0.39 is 24.0 Å². The lowest BCUT2D eigenvalue weighted by Crippen LogP contribution is -2.42. The number of aliphatic carboxylic acids is 1. The zero-order valence-corrected chi connectivity index (χ0v) is 13.7. The molecule has 5 N–H and O–H groups in total. The minimum Gasteiger partial charge on any atom is -0.497 e. The molecular formula is C16H23N3O5. The van der Waals surface area contributed by atoms with Crippen LogP contribution in [0.15, 0.2) is 24.3 Å². The van der Waals surface area contributed by atoms with Crippen LogP contribution >= 0.6 is 0 Å². The maximum Gasteiger partial charge on any atom is 0.325 e. The summed E-state index contributed by atoms with van der Waals surface area (Å²) in [5, 5.41) is 13.7. The Bertz CT molecular complexity index is 574. The van der Waals surface area contributed by atoms with E-state index in [0.29, 0.717) is 6.54 Å². The van der Waals surface area contributed by atoms with E-state index in [-0.39, 0.29) is 18.7 Å². The molecule has 2 amide bonds. The van der Waals surface area contributed by atoms with Gasteiger partial charge < -0.3 is 26.2 Å². The highest BCUT2D eigenvalue weighted by Crippen LogP contribution is 2.11. The van der Waals surface area contributed by atoms with Crippen molar-refractivity contribution >= 4 is 17.8 Å². The number of carbonyl (C=O) groups excluding carboxylic acids is 2. The molecule has 0 aliphatic carbocycles. The van der Waals surface area contributed by atoms with Crippen molar-refractivity contribution in [2.24, 2.45) is 5.73 Å². The number of carboxylic acids is 1. The normalized spacial score (nSPS) is 12.8. The Morgan fingerprint density at radius 2 is 1.88 bits per heavy atom. The van der Waals surface area contributed by atoms with Gasteiger partial charge >= 0.3 is 5.97 Å². The highest BCUT2D eigenvalue weighted by Gasteiger charge is 2.17. The van der Waals surface area contributed by atoms with Crippen LogP contribution in [0.4, 0.5) is 0 Å². The summed E-state index contributed by atoms with van der Waals surface area (Å²) < 4.78 is 5.05. The molecule has 0 bridgehead atoms. The molecule has 2 atom stereocenters. The first-order chi connectivity index (χ1) is 11.3. The zero-order valence-electron chi connectivity index (χ0n) is 13.7. The average molecular weight is 337 g/mol. The predicted molar refractivity (Wildman–Crippen MR) is 87.3 cm³/mol. The molecule has 24 heavy (non-hydrogen) atoms. The Balaban J connectivity index is 2.33. The van der Waals surface area contributed by atoms with Crippen molar-refractivity contribution in [3.63, 3.8) is 0 Å². The maximum absolute atomic E-state index is 11.9. The molecule has 1 rings (SSSR count). The Labute approximate surface area is 140 Å². The summed E-state index contributed by atoms with van der Waals surface area (Å²) >= 11 is 0. The van der Waals surface area contributed by atoms with Crippen molar-refractivity contribution in [1.29, 1.82) is 0 Å². The van der Waals surface area contributed by atoms with Crippen molar-refractivity contribution in [2.75, 3.05) is 7.11 Å². The standard InChI is InChI=1S/C16H23N3O5/c1-10(16(22)23)19-14(20)8-7-13(17)15(21)18-9-11-3-5-12(24-2)6-4-11/h3-6,10,13H,7-9,17H2,1-2H3,(H,18,21)(H,19,20)(H,22,23)/t10-,13+/m1/s1. The minimum absolute atomic E-state index is 0.0191. The van der Waals surface area contributed by atoms with E-state index in [1.165, 1.54) is 6.92 Å². The van der Waals surface area contributed by atoms with Gasteiger partial charge in [0.05, 0.1) is 13.2 Å². The molecule has 0 aliphatic heterocycles. The van der Waals surface area contributed by atoms with Gasteiger partial charge in [0, 0.05) is 13.0 Å². The first-order valence-corrected chi connectivity index (χ1v) is 7.52. The van der Waals surface area contributed by atoms with Gasteiger partial charge in [0.1, 0.15) is 11.8 Å². The fourth-order valence-corrected chi connectivity index (χ4v) is 1.86. The molecule has 0 aromatic heterocycles. The van der Waals surface area contributed by atoms with Gasteiger partial charge in [0.25, 0.3) is 0 Å². The lowest BCUT2D eigenvalue weighted by atomic mass is 10.1. The Kier molecular flexibility index (Phi) is 7.70. The van der Waals surface area contributed by atoms with Crippen LogP contribution in [-0.4, -0.2) is 42.1 Å². The van der Waals surface area contributed by atoms with Crippen LogP contribution in [0.2, 0.25) is 0 Å². The molecular weight excluding hydrogens is 314 g/mol. The number of nitrogens with one attached hydrogen (secondary N) is 2. The van der Waals surface area contributed by atoms with E-state index in [4.69, 9.17) is 15.6 Å². The molecule has 0 spiro atoms. The van der Waals surface area contributed by atoms with Gasteiger partial charge in [-0.1, -0.05) is 12.1 Å². The van der Waals surface area contributed by atoms with Gasteiger partial charge in [-0.15, -0.1) is 0 Å². The largest absolute Gasteiger partial charge is 0.497 e. The predicted octanol–water partition coefficient (Wildman–Crippen LogP) is 0.00820. The third kappa shape index (κ3) is 6.66. The topological polar surface area (TPSA) is 131 Å². The molecule has 0 unspecified atom stereocenters. The number of carbonyl (C=O) groups is 3. The van der Waals surface area contributed by atoms with Crippen LogP contribution in [0, 0.1) is 0 Å². The fourth-order valence-electron chi connectivity index (χ4n) is 1.86. The van der Waals surface area contributed by atoms with Crippen LogP contribution in [0.1, 0.15) is 25.3 Å². The molecule has 1 aromatic carbocycles. The molecule has 0 fully saturated rings. The summed E-state index contributed by atoms with van der Waals surface area (Å²) in [7, 11) is 1.57. The van der Waals surface area contributed by atoms with Crippen molar-refractivity contribution in [3.8, 4) is 5.75 Å². The molecule has 132 valence electrons. The second-order valence-corrected chi connectivity index (χ2v) is 5.34. The lowest BCUT2D eigenvalue weighted by molar-refractivity contribution is -0.141. The van der Waals surface area contributed by atoms with Gasteiger partial charge in [-0.05, 0) is 31.0 Å². The second-order valence-electron chi connectivity index (χ2n) is 5.34. The van der Waals surface area contributed by atoms with Gasteiger partial charge in [0.2, 0.25) is 11.8 Å². The number of nitrogens with two attached hydrogens (primary N) is 1. The summed E-state index contributed by atoms with van der Waals surface area (Å²) in [5.74, 6) is -1.22. The van der Waals surface area contributed by atoms with Gasteiger partial charge in [0.15, 0.2) is 0 Å². The third-order valence-corrected chi connectivity index (χ3v) is 3.39. The molecule has 8 nitrogen and oxygen atoms in total. The van der Waals surface area contributed by atoms with Gasteiger partial charge in [-0.2, -0.15) is 0 Å². The van der Waals surface area contributed by atoms with Gasteiger partial charge in [-0.25, -0.2) is 0 Å². The Morgan fingerprint density at radius 3 is 2.42 bits per heavy atom. The van der Waals surface area contributed by atoms with E-state index in [1.807, 2.05) is 12.1 Å². The smallest absolute Gasteiger partial charge is 0.325 e. The number of methoxy groups -OCH3 is 1. The van der Waals surface area contributed by atoms with E-state index in [0.717, 1.165) is 11.3 Å². The van der Waals surface area contributed by atoms with Crippen molar-refractivity contribution in [1.82, 2.24) is 10.6 Å². The summed E-state index contributed by atoms with van der Waals surface area (Å²) in [5.41, 5.74) is 6.63. The van der Waals surface area contributed by atoms with Crippen LogP contribution < -0.4 is 21.1 Å². The quantitative estimate of drug-likeness (QED) is 0.502. The van der Waals surface area contributed by atoms with Gasteiger partial charge in [-0.3, -0.25) is 14.4 Å². The van der Waals surface area contributed by atoms with Crippen molar-refractivity contribution < 1.29 is 24.2 Å². The second kappa shape index (κ2) is 9.51. The number of benzene rings is 1. The van der Waals surface area contributed by atoms with Crippen LogP contribution in [0.3, 0.4) is 0 Å². The number of hydrogen-bond acceptors (Lipinski definition) is 5. The van der Waals surface area contributed by atoms with E-state index in [1.54, 1.807) is 19.2 Å². The van der Waals surface area contributed by atoms with E-state index in [2.05, 4.69) is 10.6 Å². The van der Waals surface area contributed by atoms with Crippen LogP contribution in [-0.2, 0) is 20.9 Å². The maximum atomic E-state index is 11.9. The highest BCUT2D eigenvalue weighted by molar-refractivity contribution is 5.85. The number of ether oxygens (including phenoxy) is 1. The number of rotatable bonds is 9. The molecule has 1 aromatic rings. The molecule has 0 saturated heterocycles. The highest BCUT2D eigenvalue weighted by atomic mass is 16.5. The van der Waals surface area contributed by atoms with Crippen LogP contribution in [0.5, 0.6) is 5.75 Å². The summed E-state index contributed by atoms with van der Waals surface area (Å²) in [6.45, 7) is 1.68. The molecule has 0 aliphatic rings. The third-order valence-electron chi connectivity index (χ3n) is 3.39. The van der Waals surface area contributed by atoms with E-state index in [9.17, 15) is 14.4 Å². The Hall–Kier alpha value is -2.61. The summed E-state index contributed by atoms with van der Waals surface area (Å²) in [4.78, 5) is 34.1. The molecule has 8 heteroatoms. The number of hydrogen-bond donors (Lipinski definition) is 4. The van der Waals surface area contributed by atoms with E-state index >= 15 is 0 Å². The lowest BCUT2D eigenvalue weighted by Gasteiger charge is -2.13. The van der Waals surface area contributed by atoms with Crippen LogP contribution in [0.25, 0.3) is 0 Å². The Morgan fingerprint density at radius 1 is 1.25 bits per heavy atom. The molecule has 0 saturated carbocycles. The van der Waals surface area contributed by atoms with Crippen molar-refractivity contribution in [2.45, 2.75) is 38.4 Å². The minimum atomic E-state index is -1.12. The fraction of sp³-hybridized carbons (Fsp3) is 0.438.